The highest BCUT2D eigenvalue weighted by Gasteiger charge is 2.35. The number of methoxy groups -OCH3 is 1. The lowest BCUT2D eigenvalue weighted by Gasteiger charge is -2.27. The van der Waals surface area contributed by atoms with Crippen molar-refractivity contribution in [3.05, 3.63) is 59.7 Å². The van der Waals surface area contributed by atoms with Crippen LogP contribution in [0.1, 0.15) is 42.2 Å². The maximum atomic E-state index is 13.0. The van der Waals surface area contributed by atoms with Crippen molar-refractivity contribution < 1.29 is 14.3 Å². The quantitative estimate of drug-likeness (QED) is 0.685. The van der Waals surface area contributed by atoms with E-state index in [-0.39, 0.29) is 11.3 Å². The van der Waals surface area contributed by atoms with Gasteiger partial charge in [-0.15, -0.1) is 11.8 Å². The van der Waals surface area contributed by atoms with Crippen molar-refractivity contribution in [3.8, 4) is 11.5 Å². The zero-order chi connectivity index (χ0) is 19.3. The van der Waals surface area contributed by atoms with Gasteiger partial charge in [-0.05, 0) is 36.1 Å². The zero-order valence-electron chi connectivity index (χ0n) is 16.3. The summed E-state index contributed by atoms with van der Waals surface area (Å²) in [6.45, 7) is 1.32. The summed E-state index contributed by atoms with van der Waals surface area (Å²) in [5.41, 5.74) is 2.22. The van der Waals surface area contributed by atoms with E-state index in [4.69, 9.17) is 9.47 Å². The Balaban J connectivity index is 1.52. The molecule has 1 aliphatic heterocycles. The van der Waals surface area contributed by atoms with Crippen molar-refractivity contribution in [2.75, 3.05) is 19.4 Å². The highest BCUT2D eigenvalue weighted by Crippen LogP contribution is 2.43. The second-order valence-electron chi connectivity index (χ2n) is 7.42. The lowest BCUT2D eigenvalue weighted by atomic mass is 10.1. The van der Waals surface area contributed by atoms with Crippen LogP contribution in [0.5, 0.6) is 11.5 Å². The lowest BCUT2D eigenvalue weighted by Crippen LogP contribution is -2.34. The fourth-order valence-electron chi connectivity index (χ4n) is 4.07. The van der Waals surface area contributed by atoms with Crippen molar-refractivity contribution in [3.63, 3.8) is 0 Å². The molecule has 0 bridgehead atoms. The summed E-state index contributed by atoms with van der Waals surface area (Å²) < 4.78 is 11.6. The van der Waals surface area contributed by atoms with Crippen LogP contribution in [0.15, 0.2) is 48.5 Å². The van der Waals surface area contributed by atoms with Gasteiger partial charge in [0.05, 0.1) is 7.11 Å². The first-order valence-electron chi connectivity index (χ1n) is 10.0. The van der Waals surface area contributed by atoms with E-state index in [1.807, 2.05) is 54.2 Å². The van der Waals surface area contributed by atoms with Crippen molar-refractivity contribution in [2.24, 2.45) is 5.92 Å². The number of hydrogen-bond donors (Lipinski definition) is 0. The van der Waals surface area contributed by atoms with Crippen LogP contribution >= 0.6 is 11.8 Å². The Morgan fingerprint density at radius 2 is 1.89 bits per heavy atom. The number of ether oxygens (including phenoxy) is 2. The Kier molecular flexibility index (Phi) is 6.10. The van der Waals surface area contributed by atoms with Gasteiger partial charge in [-0.3, -0.25) is 4.79 Å². The minimum absolute atomic E-state index is 0.0677. The normalized spacial score (nSPS) is 19.8. The minimum atomic E-state index is 0.0677. The van der Waals surface area contributed by atoms with Crippen LogP contribution < -0.4 is 9.47 Å². The standard InChI is InChI=1S/C23H27NO3S/c1-26-20-12-11-19(15-21(20)27-16-17-7-3-2-4-8-17)23-24(13-14-28-23)22(25)18-9-5-6-10-18/h2-4,7-8,11-12,15,18,23H,5-6,9-10,13-14,16H2,1H3/t23-/m1/s1. The third-order valence-electron chi connectivity index (χ3n) is 5.59. The Bertz CT molecular complexity index is 805. The van der Waals surface area contributed by atoms with Gasteiger partial charge in [-0.1, -0.05) is 49.2 Å². The molecular formula is C23H27NO3S. The van der Waals surface area contributed by atoms with Crippen LogP contribution in [0.25, 0.3) is 0 Å². The number of carbonyl (C=O) groups excluding carboxylic acids is 1. The molecule has 2 aromatic carbocycles. The van der Waals surface area contributed by atoms with Crippen LogP contribution in [-0.4, -0.2) is 30.2 Å². The number of thioether (sulfide) groups is 1. The number of rotatable bonds is 6. The lowest BCUT2D eigenvalue weighted by molar-refractivity contribution is -0.135. The topological polar surface area (TPSA) is 38.8 Å². The molecular weight excluding hydrogens is 370 g/mol. The fourth-order valence-corrected chi connectivity index (χ4v) is 5.33. The van der Waals surface area contributed by atoms with E-state index in [2.05, 4.69) is 11.0 Å². The molecule has 0 radical (unpaired) electrons. The van der Waals surface area contributed by atoms with E-state index in [0.29, 0.717) is 12.5 Å². The van der Waals surface area contributed by atoms with Crippen LogP contribution in [0.4, 0.5) is 0 Å². The molecule has 2 fully saturated rings. The van der Waals surface area contributed by atoms with Crippen LogP contribution in [-0.2, 0) is 11.4 Å². The first-order valence-corrected chi connectivity index (χ1v) is 11.1. The minimum Gasteiger partial charge on any atom is -0.493 e. The third-order valence-corrected chi connectivity index (χ3v) is 6.85. The summed E-state index contributed by atoms with van der Waals surface area (Å²) >= 11 is 1.84. The largest absolute Gasteiger partial charge is 0.493 e. The zero-order valence-corrected chi connectivity index (χ0v) is 17.1. The highest BCUT2D eigenvalue weighted by molar-refractivity contribution is 7.99. The van der Waals surface area contributed by atoms with Gasteiger partial charge < -0.3 is 14.4 Å². The molecule has 0 N–H and O–H groups in total. The van der Waals surface area contributed by atoms with Crippen LogP contribution in [0, 0.1) is 5.92 Å². The number of nitrogens with zero attached hydrogens (tertiary/aromatic N) is 1. The molecule has 28 heavy (non-hydrogen) atoms. The average Bonchev–Trinajstić information content (AvgIpc) is 3.44. The molecule has 1 saturated heterocycles. The monoisotopic (exact) mass is 397 g/mol. The van der Waals surface area contributed by atoms with Crippen LogP contribution in [0.3, 0.4) is 0 Å². The van der Waals surface area contributed by atoms with Gasteiger partial charge in [0.2, 0.25) is 5.91 Å². The predicted molar refractivity (Wildman–Crippen MR) is 113 cm³/mol. The second kappa shape index (κ2) is 8.91. The average molecular weight is 398 g/mol. The molecule has 4 nitrogen and oxygen atoms in total. The molecule has 0 aromatic heterocycles. The molecule has 2 aromatic rings. The summed E-state index contributed by atoms with van der Waals surface area (Å²) in [5.74, 6) is 2.97. The van der Waals surface area contributed by atoms with Gasteiger partial charge in [-0.25, -0.2) is 0 Å². The van der Waals surface area contributed by atoms with Crippen molar-refractivity contribution >= 4 is 17.7 Å². The van der Waals surface area contributed by atoms with Gasteiger partial charge in [-0.2, -0.15) is 0 Å². The second-order valence-corrected chi connectivity index (χ2v) is 8.61. The van der Waals surface area contributed by atoms with E-state index >= 15 is 0 Å². The number of amides is 1. The summed E-state index contributed by atoms with van der Waals surface area (Å²) in [7, 11) is 1.66. The van der Waals surface area contributed by atoms with Crippen molar-refractivity contribution in [2.45, 2.75) is 37.7 Å². The Morgan fingerprint density at radius 3 is 2.64 bits per heavy atom. The van der Waals surface area contributed by atoms with Gasteiger partial charge >= 0.3 is 0 Å². The molecule has 1 atom stereocenters. The Morgan fingerprint density at radius 1 is 1.11 bits per heavy atom. The van der Waals surface area contributed by atoms with Gasteiger partial charge in [0.15, 0.2) is 11.5 Å². The molecule has 5 heteroatoms. The smallest absolute Gasteiger partial charge is 0.226 e. The van der Waals surface area contributed by atoms with Gasteiger partial charge in [0, 0.05) is 18.2 Å². The van der Waals surface area contributed by atoms with Crippen molar-refractivity contribution in [1.82, 2.24) is 4.90 Å². The van der Waals surface area contributed by atoms with Gasteiger partial charge in [0.25, 0.3) is 0 Å². The Labute approximate surface area is 171 Å². The van der Waals surface area contributed by atoms with Crippen LogP contribution in [0.2, 0.25) is 0 Å². The SMILES string of the molecule is COc1ccc([C@H]2SCCN2C(=O)C2CCCC2)cc1OCc1ccccc1. The molecule has 1 amide bonds. The molecule has 0 spiro atoms. The maximum Gasteiger partial charge on any atom is 0.226 e. The first kappa shape index (κ1) is 19.2. The van der Waals surface area contributed by atoms with Gasteiger partial charge in [0.1, 0.15) is 12.0 Å². The highest BCUT2D eigenvalue weighted by atomic mass is 32.2. The maximum absolute atomic E-state index is 13.0. The summed E-state index contributed by atoms with van der Waals surface area (Å²) in [6, 6.07) is 16.2. The first-order chi connectivity index (χ1) is 13.8. The molecule has 2 aliphatic rings. The molecule has 1 saturated carbocycles. The molecule has 4 rings (SSSR count). The number of hydrogen-bond acceptors (Lipinski definition) is 4. The van der Waals surface area contributed by atoms with E-state index in [1.54, 1.807) is 7.11 Å². The Hall–Kier alpha value is -2.14. The molecule has 0 unspecified atom stereocenters. The molecule has 148 valence electrons. The fraction of sp³-hybridized carbons (Fsp3) is 0.435. The third kappa shape index (κ3) is 4.14. The van der Waals surface area contributed by atoms with Crippen molar-refractivity contribution in [1.29, 1.82) is 0 Å². The van der Waals surface area contributed by atoms with E-state index in [0.717, 1.165) is 47.8 Å². The number of carbonyl (C=O) groups is 1. The predicted octanol–water partition coefficient (Wildman–Crippen LogP) is 5.04. The van der Waals surface area contributed by atoms with E-state index in [9.17, 15) is 4.79 Å². The summed E-state index contributed by atoms with van der Waals surface area (Å²) in [5, 5.41) is 0.0677. The number of benzene rings is 2. The molecule has 1 aliphatic carbocycles. The summed E-state index contributed by atoms with van der Waals surface area (Å²) in [4.78, 5) is 15.1. The summed E-state index contributed by atoms with van der Waals surface area (Å²) in [6.07, 6.45) is 4.45. The van der Waals surface area contributed by atoms with E-state index in [1.165, 1.54) is 12.8 Å². The van der Waals surface area contributed by atoms with E-state index < -0.39 is 0 Å². The molecule has 1 heterocycles.